The predicted octanol–water partition coefficient (Wildman–Crippen LogP) is 0.197. The minimum absolute atomic E-state index is 0.422. The van der Waals surface area contributed by atoms with E-state index in [2.05, 4.69) is 10.1 Å². The Kier molecular flexibility index (Phi) is 1.86. The molecule has 2 aromatic rings. The van der Waals surface area contributed by atoms with Crippen molar-refractivity contribution < 1.29 is 4.74 Å². The van der Waals surface area contributed by atoms with Crippen molar-refractivity contribution in [3.8, 4) is 5.88 Å². The maximum absolute atomic E-state index is 5.45. The molecule has 2 heterocycles. The van der Waals surface area contributed by atoms with Crippen LogP contribution in [-0.2, 0) is 6.54 Å². The van der Waals surface area contributed by atoms with Crippen LogP contribution in [0.5, 0.6) is 5.88 Å². The van der Waals surface area contributed by atoms with Crippen molar-refractivity contribution in [2.24, 2.45) is 5.73 Å². The lowest BCUT2D eigenvalue weighted by atomic mass is 10.5. The van der Waals surface area contributed by atoms with E-state index < -0.39 is 0 Å². The molecule has 0 amide bonds. The molecular weight excluding hydrogens is 168 g/mol. The fourth-order valence-corrected chi connectivity index (χ4v) is 1.12. The summed E-state index contributed by atoms with van der Waals surface area (Å²) < 4.78 is 6.63. The predicted molar refractivity (Wildman–Crippen MR) is 47.4 cm³/mol. The third-order valence-electron chi connectivity index (χ3n) is 1.76. The number of ether oxygens (including phenoxy) is 1. The number of rotatable bonds is 2. The Bertz CT molecular complexity index is 421. The van der Waals surface area contributed by atoms with Crippen LogP contribution in [0, 0.1) is 0 Å². The van der Waals surface area contributed by atoms with Gasteiger partial charge in [-0.2, -0.15) is 0 Å². The van der Waals surface area contributed by atoms with Gasteiger partial charge in [0.2, 0.25) is 5.88 Å². The first kappa shape index (κ1) is 8.00. The van der Waals surface area contributed by atoms with Gasteiger partial charge in [-0.3, -0.25) is 0 Å². The van der Waals surface area contributed by atoms with Crippen LogP contribution in [-0.4, -0.2) is 21.7 Å². The summed E-state index contributed by atoms with van der Waals surface area (Å²) in [6.07, 6.45) is 1.79. The lowest BCUT2D eigenvalue weighted by Gasteiger charge is -1.96. The lowest BCUT2D eigenvalue weighted by Crippen LogP contribution is -1.95. The molecule has 0 spiro atoms. The van der Waals surface area contributed by atoms with Crippen molar-refractivity contribution >= 4 is 5.65 Å². The molecule has 0 aromatic carbocycles. The summed E-state index contributed by atoms with van der Waals surface area (Å²) in [4.78, 5) is 4.23. The Hall–Kier alpha value is -1.62. The van der Waals surface area contributed by atoms with Crippen molar-refractivity contribution in [2.45, 2.75) is 6.54 Å². The normalized spacial score (nSPS) is 10.6. The Balaban J connectivity index is 2.57. The second-order valence-corrected chi connectivity index (χ2v) is 2.61. The number of hydrogen-bond donors (Lipinski definition) is 1. The minimum atomic E-state index is 0.422. The van der Waals surface area contributed by atoms with Gasteiger partial charge < -0.3 is 10.5 Å². The fraction of sp³-hybridized carbons (Fsp3) is 0.250. The number of fused-ring (bicyclic) bond motifs is 1. The van der Waals surface area contributed by atoms with Crippen LogP contribution in [0.1, 0.15) is 5.69 Å². The number of nitrogens with two attached hydrogens (primary N) is 1. The molecule has 0 saturated carbocycles. The average molecular weight is 178 g/mol. The second-order valence-electron chi connectivity index (χ2n) is 2.61. The van der Waals surface area contributed by atoms with E-state index in [1.54, 1.807) is 23.9 Å². The molecule has 2 rings (SSSR count). The Morgan fingerprint density at radius 2 is 2.38 bits per heavy atom. The van der Waals surface area contributed by atoms with Crippen LogP contribution >= 0.6 is 0 Å². The molecule has 0 atom stereocenters. The first-order chi connectivity index (χ1) is 6.33. The van der Waals surface area contributed by atoms with Gasteiger partial charge in [0.25, 0.3) is 0 Å². The van der Waals surface area contributed by atoms with Crippen LogP contribution < -0.4 is 10.5 Å². The van der Waals surface area contributed by atoms with E-state index in [-0.39, 0.29) is 0 Å². The van der Waals surface area contributed by atoms with Gasteiger partial charge in [0.05, 0.1) is 19.0 Å². The van der Waals surface area contributed by atoms with Crippen molar-refractivity contribution in [1.82, 2.24) is 14.6 Å². The summed E-state index contributed by atoms with van der Waals surface area (Å²) in [5, 5.41) is 4.14. The van der Waals surface area contributed by atoms with Gasteiger partial charge in [-0.1, -0.05) is 0 Å². The Morgan fingerprint density at radius 1 is 1.54 bits per heavy atom. The molecule has 0 bridgehead atoms. The molecule has 2 aromatic heterocycles. The van der Waals surface area contributed by atoms with Crippen LogP contribution in [0.3, 0.4) is 0 Å². The summed E-state index contributed by atoms with van der Waals surface area (Å²) in [5.74, 6) is 0.563. The van der Waals surface area contributed by atoms with Gasteiger partial charge >= 0.3 is 0 Å². The summed E-state index contributed by atoms with van der Waals surface area (Å²) in [6, 6.07) is 3.60. The quantitative estimate of drug-likeness (QED) is 0.713. The topological polar surface area (TPSA) is 65.4 Å². The van der Waals surface area contributed by atoms with Crippen molar-refractivity contribution in [1.29, 1.82) is 0 Å². The number of methoxy groups -OCH3 is 1. The second kappa shape index (κ2) is 3.02. The highest BCUT2D eigenvalue weighted by Gasteiger charge is 2.01. The van der Waals surface area contributed by atoms with E-state index >= 15 is 0 Å². The molecule has 5 nitrogen and oxygen atoms in total. The van der Waals surface area contributed by atoms with Gasteiger partial charge in [0, 0.05) is 12.6 Å². The van der Waals surface area contributed by atoms with E-state index in [9.17, 15) is 0 Å². The standard InChI is InChI=1S/C8H10N4O/c1-13-8-3-2-7-10-6(4-9)5-12(7)11-8/h2-3,5H,4,9H2,1H3. The number of nitrogens with zero attached hydrogens (tertiary/aromatic N) is 3. The van der Waals surface area contributed by atoms with E-state index in [0.717, 1.165) is 11.3 Å². The highest BCUT2D eigenvalue weighted by molar-refractivity contribution is 5.39. The Labute approximate surface area is 75.1 Å². The SMILES string of the molecule is COc1ccc2nc(CN)cn2n1. The molecule has 0 fully saturated rings. The molecule has 0 radical (unpaired) electrons. The van der Waals surface area contributed by atoms with Crippen LogP contribution in [0.25, 0.3) is 5.65 Å². The molecule has 0 aliphatic carbocycles. The number of imidazole rings is 1. The zero-order valence-electron chi connectivity index (χ0n) is 7.27. The molecule has 5 heteroatoms. The van der Waals surface area contributed by atoms with Crippen molar-refractivity contribution in [3.63, 3.8) is 0 Å². The number of aromatic nitrogens is 3. The smallest absolute Gasteiger partial charge is 0.231 e. The molecule has 0 saturated heterocycles. The monoisotopic (exact) mass is 178 g/mol. The van der Waals surface area contributed by atoms with Crippen molar-refractivity contribution in [3.05, 3.63) is 24.0 Å². The summed E-state index contributed by atoms with van der Waals surface area (Å²) in [5.41, 5.74) is 7.05. The average Bonchev–Trinajstić information content (AvgIpc) is 2.58. The molecule has 0 aliphatic heterocycles. The van der Waals surface area contributed by atoms with Crippen LogP contribution in [0.4, 0.5) is 0 Å². The van der Waals surface area contributed by atoms with E-state index in [1.807, 2.05) is 6.07 Å². The molecular formula is C8H10N4O. The largest absolute Gasteiger partial charge is 0.480 e. The van der Waals surface area contributed by atoms with E-state index in [1.165, 1.54) is 0 Å². The van der Waals surface area contributed by atoms with E-state index in [0.29, 0.717) is 12.4 Å². The van der Waals surface area contributed by atoms with Crippen molar-refractivity contribution in [2.75, 3.05) is 7.11 Å². The first-order valence-corrected chi connectivity index (χ1v) is 3.93. The third-order valence-corrected chi connectivity index (χ3v) is 1.76. The minimum Gasteiger partial charge on any atom is -0.480 e. The van der Waals surface area contributed by atoms with Gasteiger partial charge in [-0.05, 0) is 6.07 Å². The molecule has 2 N–H and O–H groups in total. The van der Waals surface area contributed by atoms with Gasteiger partial charge in [0.1, 0.15) is 0 Å². The van der Waals surface area contributed by atoms with E-state index in [4.69, 9.17) is 10.5 Å². The number of hydrogen-bond acceptors (Lipinski definition) is 4. The first-order valence-electron chi connectivity index (χ1n) is 3.93. The van der Waals surface area contributed by atoms with Gasteiger partial charge in [0.15, 0.2) is 5.65 Å². The van der Waals surface area contributed by atoms with Crippen LogP contribution in [0.15, 0.2) is 18.3 Å². The lowest BCUT2D eigenvalue weighted by molar-refractivity contribution is 0.390. The molecule has 0 unspecified atom stereocenters. The summed E-state index contributed by atoms with van der Waals surface area (Å²) in [7, 11) is 1.58. The maximum Gasteiger partial charge on any atom is 0.231 e. The fourth-order valence-electron chi connectivity index (χ4n) is 1.12. The maximum atomic E-state index is 5.45. The zero-order chi connectivity index (χ0) is 9.26. The Morgan fingerprint density at radius 3 is 3.08 bits per heavy atom. The van der Waals surface area contributed by atoms with Crippen LogP contribution in [0.2, 0.25) is 0 Å². The molecule has 68 valence electrons. The third kappa shape index (κ3) is 1.33. The summed E-state index contributed by atoms with van der Waals surface area (Å²) >= 11 is 0. The highest BCUT2D eigenvalue weighted by Crippen LogP contribution is 2.08. The highest BCUT2D eigenvalue weighted by atomic mass is 16.5. The van der Waals surface area contributed by atoms with Gasteiger partial charge in [-0.15, -0.1) is 5.10 Å². The molecule has 0 aliphatic rings. The molecule has 13 heavy (non-hydrogen) atoms. The summed E-state index contributed by atoms with van der Waals surface area (Å²) in [6.45, 7) is 0.422. The van der Waals surface area contributed by atoms with Gasteiger partial charge in [-0.25, -0.2) is 9.50 Å². The zero-order valence-corrected chi connectivity index (χ0v) is 7.27.